The highest BCUT2D eigenvalue weighted by molar-refractivity contribution is 6.39. The van der Waals surface area contributed by atoms with Crippen molar-refractivity contribution in [2.75, 3.05) is 7.11 Å². The molecule has 1 rings (SSSR count). The molecule has 1 saturated carbocycles. The molecule has 0 aliphatic heterocycles. The van der Waals surface area contributed by atoms with Crippen LogP contribution in [0.4, 0.5) is 0 Å². The van der Waals surface area contributed by atoms with Gasteiger partial charge in [0.05, 0.1) is 12.9 Å². The lowest BCUT2D eigenvalue weighted by atomic mass is 9.59. The molecule has 0 N–H and O–H groups in total. The quantitative estimate of drug-likeness (QED) is 0.352. The van der Waals surface area contributed by atoms with Crippen LogP contribution in [0.5, 0.6) is 0 Å². The molecule has 66 valence electrons. The number of hydrogen-bond acceptors (Lipinski definition) is 1. The second-order valence-corrected chi connectivity index (χ2v) is 3.53. The van der Waals surface area contributed by atoms with E-state index < -0.39 is 0 Å². The summed E-state index contributed by atoms with van der Waals surface area (Å²) in [7, 11) is 2.86. The molecule has 1 aliphatic carbocycles. The highest BCUT2D eigenvalue weighted by atomic mass is 16.5. The maximum absolute atomic E-state index is 5.02. The first-order valence-corrected chi connectivity index (χ1v) is 4.63. The zero-order valence-corrected chi connectivity index (χ0v) is 7.94. The normalized spacial score (nSPS) is 22.4. The Bertz CT molecular complexity index is 186. The first-order chi connectivity index (χ1) is 5.74. The summed E-state index contributed by atoms with van der Waals surface area (Å²) in [6.45, 7) is 7.88. The predicted molar refractivity (Wildman–Crippen MR) is 54.8 cm³/mol. The number of rotatable bonds is 4. The summed E-state index contributed by atoms with van der Waals surface area (Å²) >= 11 is 0. The molecule has 0 aromatic heterocycles. The van der Waals surface area contributed by atoms with Crippen molar-refractivity contribution >= 4 is 7.28 Å². The van der Waals surface area contributed by atoms with E-state index in [0.717, 1.165) is 17.9 Å². The molecule has 1 aliphatic rings. The van der Waals surface area contributed by atoms with Crippen LogP contribution in [0.15, 0.2) is 24.5 Å². The summed E-state index contributed by atoms with van der Waals surface area (Å²) in [6, 6.07) is 0. The van der Waals surface area contributed by atoms with Crippen LogP contribution in [0.25, 0.3) is 0 Å². The fourth-order valence-corrected chi connectivity index (χ4v) is 1.77. The molecule has 0 spiro atoms. The molecule has 2 heteroatoms. The van der Waals surface area contributed by atoms with Crippen LogP contribution in [0.1, 0.15) is 19.3 Å². The van der Waals surface area contributed by atoms with E-state index in [0.29, 0.717) is 0 Å². The summed E-state index contributed by atoms with van der Waals surface area (Å²) in [6.07, 6.45) is 4.85. The lowest BCUT2D eigenvalue weighted by Crippen LogP contribution is -2.02. The zero-order chi connectivity index (χ0) is 8.97. The summed E-state index contributed by atoms with van der Waals surface area (Å²) in [5.41, 5.74) is 1.43. The Kier molecular flexibility index (Phi) is 3.45. The van der Waals surface area contributed by atoms with E-state index in [9.17, 15) is 0 Å². The van der Waals surface area contributed by atoms with Crippen molar-refractivity contribution in [1.82, 2.24) is 0 Å². The van der Waals surface area contributed by atoms with Crippen LogP contribution in [-0.4, -0.2) is 14.4 Å². The number of methoxy groups -OCH3 is 1. The van der Waals surface area contributed by atoms with Gasteiger partial charge in [-0.3, -0.25) is 0 Å². The van der Waals surface area contributed by atoms with Crippen LogP contribution in [0.3, 0.4) is 0 Å². The molecule has 1 atom stereocenters. The van der Waals surface area contributed by atoms with Gasteiger partial charge >= 0.3 is 0 Å². The van der Waals surface area contributed by atoms with Crippen molar-refractivity contribution in [1.29, 1.82) is 0 Å². The second-order valence-electron chi connectivity index (χ2n) is 3.53. The second kappa shape index (κ2) is 4.39. The molecule has 12 heavy (non-hydrogen) atoms. The average molecular weight is 164 g/mol. The van der Waals surface area contributed by atoms with Gasteiger partial charge in [-0.15, -0.1) is 6.58 Å². The van der Waals surface area contributed by atoms with Gasteiger partial charge in [0.2, 0.25) is 0 Å². The highest BCUT2D eigenvalue weighted by Crippen LogP contribution is 2.34. The standard InChI is InChI=1S/C10H17BO/c1-8-5-4-6-10(8)11-7-9(2)12-3/h10-11H,1-2,4-7H2,3H3. The molecule has 0 amide bonds. The first-order valence-electron chi connectivity index (χ1n) is 4.63. The van der Waals surface area contributed by atoms with Gasteiger partial charge in [-0.2, -0.15) is 0 Å². The van der Waals surface area contributed by atoms with Crippen LogP contribution >= 0.6 is 0 Å². The highest BCUT2D eigenvalue weighted by Gasteiger charge is 2.19. The Balaban J connectivity index is 2.22. The monoisotopic (exact) mass is 164 g/mol. The van der Waals surface area contributed by atoms with Gasteiger partial charge in [0, 0.05) is 0 Å². The predicted octanol–water partition coefficient (Wildman–Crippen LogP) is 2.53. The fraction of sp³-hybridized carbons (Fsp3) is 0.600. The molecule has 0 aromatic rings. The third kappa shape index (κ3) is 2.44. The van der Waals surface area contributed by atoms with Crippen LogP contribution < -0.4 is 0 Å². The van der Waals surface area contributed by atoms with Gasteiger partial charge in [-0.25, -0.2) is 0 Å². The lowest BCUT2D eigenvalue weighted by molar-refractivity contribution is 0.295. The van der Waals surface area contributed by atoms with E-state index in [1.807, 2.05) is 0 Å². The van der Waals surface area contributed by atoms with Gasteiger partial charge in [0.25, 0.3) is 0 Å². The minimum Gasteiger partial charge on any atom is -0.502 e. The summed E-state index contributed by atoms with van der Waals surface area (Å²) in [5.74, 6) is 1.63. The number of hydrogen-bond donors (Lipinski definition) is 0. The van der Waals surface area contributed by atoms with Crippen molar-refractivity contribution in [3.8, 4) is 0 Å². The Labute approximate surface area is 75.7 Å². The third-order valence-electron chi connectivity index (χ3n) is 2.69. The Morgan fingerprint density at radius 3 is 3.00 bits per heavy atom. The van der Waals surface area contributed by atoms with Crippen molar-refractivity contribution < 1.29 is 4.74 Å². The van der Waals surface area contributed by atoms with E-state index >= 15 is 0 Å². The molecular weight excluding hydrogens is 147 g/mol. The molecule has 0 radical (unpaired) electrons. The van der Waals surface area contributed by atoms with Gasteiger partial charge in [-0.1, -0.05) is 18.6 Å². The van der Waals surface area contributed by atoms with Crippen molar-refractivity contribution in [3.63, 3.8) is 0 Å². The van der Waals surface area contributed by atoms with Crippen LogP contribution in [-0.2, 0) is 4.74 Å². The fourth-order valence-electron chi connectivity index (χ4n) is 1.77. The zero-order valence-electron chi connectivity index (χ0n) is 7.94. The van der Waals surface area contributed by atoms with Crippen LogP contribution in [0, 0.1) is 0 Å². The largest absolute Gasteiger partial charge is 0.502 e. The Morgan fingerprint density at radius 1 is 1.75 bits per heavy atom. The maximum Gasteiger partial charge on any atom is 0.138 e. The molecule has 1 unspecified atom stereocenters. The molecule has 0 bridgehead atoms. The van der Waals surface area contributed by atoms with Crippen molar-refractivity contribution in [3.05, 3.63) is 24.5 Å². The van der Waals surface area contributed by atoms with Gasteiger partial charge in [0.1, 0.15) is 7.28 Å². The van der Waals surface area contributed by atoms with Gasteiger partial charge in [-0.05, 0) is 25.0 Å². The van der Waals surface area contributed by atoms with E-state index in [-0.39, 0.29) is 0 Å². The maximum atomic E-state index is 5.02. The Morgan fingerprint density at radius 2 is 2.50 bits per heavy atom. The van der Waals surface area contributed by atoms with E-state index in [1.54, 1.807) is 7.11 Å². The molecule has 1 fully saturated rings. The average Bonchev–Trinajstić information content (AvgIpc) is 2.47. The molecular formula is C10H17BO. The molecule has 1 nitrogen and oxygen atoms in total. The van der Waals surface area contributed by atoms with Crippen molar-refractivity contribution in [2.24, 2.45) is 0 Å². The Hall–Kier alpha value is -0.655. The van der Waals surface area contributed by atoms with Gasteiger partial charge < -0.3 is 4.74 Å². The first kappa shape index (κ1) is 9.43. The number of ether oxygens (including phenoxy) is 1. The van der Waals surface area contributed by atoms with Gasteiger partial charge in [0.15, 0.2) is 0 Å². The molecule has 0 saturated heterocycles. The SMILES string of the molecule is C=C(CBC1CCCC1=C)OC. The lowest BCUT2D eigenvalue weighted by Gasteiger charge is -2.09. The summed E-state index contributed by atoms with van der Waals surface area (Å²) in [5, 5.41) is 0. The minimum absolute atomic E-state index is 0.733. The van der Waals surface area contributed by atoms with E-state index in [1.165, 1.54) is 32.1 Å². The van der Waals surface area contributed by atoms with Crippen molar-refractivity contribution in [2.45, 2.75) is 31.4 Å². The number of allylic oxidation sites excluding steroid dienone is 2. The summed E-state index contributed by atoms with van der Waals surface area (Å²) < 4.78 is 5.02. The minimum atomic E-state index is 0.733. The summed E-state index contributed by atoms with van der Waals surface area (Å²) in [4.78, 5) is 0. The van der Waals surface area contributed by atoms with E-state index in [2.05, 4.69) is 13.2 Å². The topological polar surface area (TPSA) is 9.23 Å². The molecule has 0 aromatic carbocycles. The van der Waals surface area contributed by atoms with Crippen LogP contribution in [0.2, 0.25) is 12.1 Å². The molecule has 0 heterocycles. The third-order valence-corrected chi connectivity index (χ3v) is 2.69. The smallest absolute Gasteiger partial charge is 0.138 e. The van der Waals surface area contributed by atoms with E-state index in [4.69, 9.17) is 4.74 Å².